The minimum atomic E-state index is -0.282. The number of esters is 1. The van der Waals surface area contributed by atoms with E-state index >= 15 is 0 Å². The highest BCUT2D eigenvalue weighted by atomic mass is 16.5. The highest BCUT2D eigenvalue weighted by molar-refractivity contribution is 5.98. The smallest absolute Gasteiger partial charge is 0.325 e. The molecule has 0 aliphatic carbocycles. The first-order chi connectivity index (χ1) is 8.76. The lowest BCUT2D eigenvalue weighted by atomic mass is 10.2. The van der Waals surface area contributed by atoms with Gasteiger partial charge in [0.25, 0.3) is 0 Å². The minimum Gasteiger partial charge on any atom is -0.464 e. The number of benzene rings is 1. The van der Waals surface area contributed by atoms with Gasteiger partial charge in [0.05, 0.1) is 6.61 Å². The standard InChI is InChI=1S/C14H15NO3/c1-2-7-18-14(17)9-15-8-11(10-16)12-5-3-4-6-13(12)15/h3-6,8,10H,2,7,9H2,1H3. The topological polar surface area (TPSA) is 48.3 Å². The lowest BCUT2D eigenvalue weighted by molar-refractivity contribution is -0.144. The molecule has 0 saturated carbocycles. The molecule has 94 valence electrons. The number of carbonyl (C=O) groups excluding carboxylic acids is 2. The van der Waals surface area contributed by atoms with Crippen LogP contribution in [0.25, 0.3) is 10.9 Å². The molecule has 0 saturated heterocycles. The van der Waals surface area contributed by atoms with Crippen LogP contribution in [0.15, 0.2) is 30.5 Å². The summed E-state index contributed by atoms with van der Waals surface area (Å²) in [5, 5.41) is 0.857. The van der Waals surface area contributed by atoms with Gasteiger partial charge in [-0.05, 0) is 12.5 Å². The van der Waals surface area contributed by atoms with E-state index in [2.05, 4.69) is 0 Å². The first-order valence-corrected chi connectivity index (χ1v) is 5.95. The summed E-state index contributed by atoms with van der Waals surface area (Å²) in [4.78, 5) is 22.5. The molecule has 0 bridgehead atoms. The van der Waals surface area contributed by atoms with Gasteiger partial charge >= 0.3 is 5.97 Å². The van der Waals surface area contributed by atoms with Gasteiger partial charge in [-0.1, -0.05) is 25.1 Å². The van der Waals surface area contributed by atoms with Crippen molar-refractivity contribution in [3.05, 3.63) is 36.0 Å². The van der Waals surface area contributed by atoms with Gasteiger partial charge in [-0.3, -0.25) is 9.59 Å². The SMILES string of the molecule is CCCOC(=O)Cn1cc(C=O)c2ccccc21. The highest BCUT2D eigenvalue weighted by Crippen LogP contribution is 2.19. The molecule has 0 N–H and O–H groups in total. The molecule has 4 nitrogen and oxygen atoms in total. The van der Waals surface area contributed by atoms with Crippen LogP contribution in [0, 0.1) is 0 Å². The summed E-state index contributed by atoms with van der Waals surface area (Å²) in [6, 6.07) is 7.50. The molecule has 0 fully saturated rings. The molecule has 0 amide bonds. The quantitative estimate of drug-likeness (QED) is 0.600. The second-order valence-electron chi connectivity index (χ2n) is 4.07. The Hall–Kier alpha value is -2.10. The number of aromatic nitrogens is 1. The van der Waals surface area contributed by atoms with Crippen molar-refractivity contribution in [3.63, 3.8) is 0 Å². The van der Waals surface area contributed by atoms with E-state index in [9.17, 15) is 9.59 Å². The van der Waals surface area contributed by atoms with E-state index in [1.165, 1.54) is 0 Å². The number of rotatable bonds is 5. The maximum absolute atomic E-state index is 11.6. The predicted octanol–water partition coefficient (Wildman–Crippen LogP) is 2.41. The summed E-state index contributed by atoms with van der Waals surface area (Å²) in [5.41, 5.74) is 1.46. The van der Waals surface area contributed by atoms with Crippen LogP contribution in [0.5, 0.6) is 0 Å². The van der Waals surface area contributed by atoms with E-state index in [1.54, 1.807) is 10.8 Å². The Bertz CT molecular complexity index is 571. The van der Waals surface area contributed by atoms with Gasteiger partial charge in [0, 0.05) is 22.7 Å². The van der Waals surface area contributed by atoms with Crippen molar-refractivity contribution in [1.82, 2.24) is 4.57 Å². The van der Waals surface area contributed by atoms with Gasteiger partial charge in [-0.15, -0.1) is 0 Å². The molecular weight excluding hydrogens is 230 g/mol. The van der Waals surface area contributed by atoms with Gasteiger partial charge in [0.2, 0.25) is 0 Å². The van der Waals surface area contributed by atoms with Crippen LogP contribution in [-0.4, -0.2) is 23.4 Å². The summed E-state index contributed by atoms with van der Waals surface area (Å²) < 4.78 is 6.79. The second kappa shape index (κ2) is 5.49. The fourth-order valence-corrected chi connectivity index (χ4v) is 1.90. The van der Waals surface area contributed by atoms with Crippen LogP contribution in [0.3, 0.4) is 0 Å². The monoisotopic (exact) mass is 245 g/mol. The van der Waals surface area contributed by atoms with Crippen LogP contribution < -0.4 is 0 Å². The molecule has 0 aliphatic rings. The number of hydrogen-bond donors (Lipinski definition) is 0. The number of para-hydroxylation sites is 1. The van der Waals surface area contributed by atoms with Crippen LogP contribution >= 0.6 is 0 Å². The van der Waals surface area contributed by atoms with Gasteiger partial charge in [0.15, 0.2) is 6.29 Å². The van der Waals surface area contributed by atoms with Crippen LogP contribution in [-0.2, 0) is 16.1 Å². The Morgan fingerprint density at radius 1 is 1.39 bits per heavy atom. The molecule has 1 aromatic carbocycles. The molecule has 0 atom stereocenters. The Morgan fingerprint density at radius 3 is 2.89 bits per heavy atom. The summed E-state index contributed by atoms with van der Waals surface area (Å²) in [6.07, 6.45) is 3.29. The van der Waals surface area contributed by atoms with E-state index in [4.69, 9.17) is 4.74 Å². The van der Waals surface area contributed by atoms with Crippen molar-refractivity contribution in [3.8, 4) is 0 Å². The molecule has 4 heteroatoms. The number of carbonyl (C=O) groups is 2. The van der Waals surface area contributed by atoms with Crippen LogP contribution in [0.2, 0.25) is 0 Å². The van der Waals surface area contributed by atoms with Crippen LogP contribution in [0.4, 0.5) is 0 Å². The van der Waals surface area contributed by atoms with E-state index in [1.807, 2.05) is 31.2 Å². The van der Waals surface area contributed by atoms with Crippen molar-refractivity contribution in [2.24, 2.45) is 0 Å². The number of nitrogens with zero attached hydrogens (tertiary/aromatic N) is 1. The lowest BCUT2D eigenvalue weighted by Crippen LogP contribution is -2.13. The van der Waals surface area contributed by atoms with Gasteiger partial charge in [-0.2, -0.15) is 0 Å². The van der Waals surface area contributed by atoms with Crippen molar-refractivity contribution in [1.29, 1.82) is 0 Å². The molecule has 2 rings (SSSR count). The second-order valence-corrected chi connectivity index (χ2v) is 4.07. The fraction of sp³-hybridized carbons (Fsp3) is 0.286. The van der Waals surface area contributed by atoms with E-state index < -0.39 is 0 Å². The van der Waals surface area contributed by atoms with Crippen molar-refractivity contribution in [2.45, 2.75) is 19.9 Å². The Labute approximate surface area is 105 Å². The Morgan fingerprint density at radius 2 is 2.17 bits per heavy atom. The Kier molecular flexibility index (Phi) is 3.77. The Balaban J connectivity index is 2.28. The molecule has 1 aromatic heterocycles. The zero-order chi connectivity index (χ0) is 13.0. The van der Waals surface area contributed by atoms with Crippen molar-refractivity contribution >= 4 is 23.2 Å². The molecule has 0 spiro atoms. The molecule has 0 unspecified atom stereocenters. The highest BCUT2D eigenvalue weighted by Gasteiger charge is 2.10. The fourth-order valence-electron chi connectivity index (χ4n) is 1.90. The third-order valence-electron chi connectivity index (χ3n) is 2.71. The van der Waals surface area contributed by atoms with Gasteiger partial charge < -0.3 is 9.30 Å². The predicted molar refractivity (Wildman–Crippen MR) is 68.6 cm³/mol. The maximum atomic E-state index is 11.6. The van der Waals surface area contributed by atoms with Gasteiger partial charge in [-0.25, -0.2) is 0 Å². The van der Waals surface area contributed by atoms with E-state index in [0.29, 0.717) is 12.2 Å². The average Bonchev–Trinajstić information content (AvgIpc) is 2.75. The molecular formula is C14H15NO3. The van der Waals surface area contributed by atoms with Crippen LogP contribution in [0.1, 0.15) is 23.7 Å². The van der Waals surface area contributed by atoms with Gasteiger partial charge in [0.1, 0.15) is 6.54 Å². The summed E-state index contributed by atoms with van der Waals surface area (Å²) in [6.45, 7) is 2.51. The van der Waals surface area contributed by atoms with E-state index in [0.717, 1.165) is 23.6 Å². The number of fused-ring (bicyclic) bond motifs is 1. The molecule has 0 radical (unpaired) electrons. The molecule has 1 heterocycles. The normalized spacial score (nSPS) is 10.5. The third-order valence-corrected chi connectivity index (χ3v) is 2.71. The summed E-state index contributed by atoms with van der Waals surface area (Å²) in [7, 11) is 0. The first kappa shape index (κ1) is 12.4. The molecule has 0 aliphatic heterocycles. The first-order valence-electron chi connectivity index (χ1n) is 5.95. The lowest BCUT2D eigenvalue weighted by Gasteiger charge is -2.05. The number of ether oxygens (including phenoxy) is 1. The maximum Gasteiger partial charge on any atom is 0.325 e. The summed E-state index contributed by atoms with van der Waals surface area (Å²) >= 11 is 0. The number of aldehydes is 1. The van der Waals surface area contributed by atoms with E-state index in [-0.39, 0.29) is 12.5 Å². The zero-order valence-electron chi connectivity index (χ0n) is 10.3. The van der Waals surface area contributed by atoms with Crippen molar-refractivity contribution < 1.29 is 14.3 Å². The zero-order valence-corrected chi connectivity index (χ0v) is 10.3. The summed E-state index contributed by atoms with van der Waals surface area (Å²) in [5.74, 6) is -0.282. The van der Waals surface area contributed by atoms with Crippen molar-refractivity contribution in [2.75, 3.05) is 6.61 Å². The third kappa shape index (κ3) is 2.42. The average molecular weight is 245 g/mol. The minimum absolute atomic E-state index is 0.133. The largest absolute Gasteiger partial charge is 0.464 e. The molecule has 2 aromatic rings. The number of hydrogen-bond acceptors (Lipinski definition) is 3. The molecule has 18 heavy (non-hydrogen) atoms.